The lowest BCUT2D eigenvalue weighted by molar-refractivity contribution is 0.188. The van der Waals surface area contributed by atoms with Gasteiger partial charge in [-0.25, -0.2) is 12.7 Å². The van der Waals surface area contributed by atoms with Crippen molar-refractivity contribution >= 4 is 15.7 Å². The molecule has 0 aliphatic carbocycles. The van der Waals surface area contributed by atoms with Crippen LogP contribution in [0.3, 0.4) is 0 Å². The maximum absolute atomic E-state index is 12.2. The summed E-state index contributed by atoms with van der Waals surface area (Å²) < 4.78 is 30.7. The Morgan fingerprint density at radius 1 is 1.24 bits per heavy atom. The first-order chi connectivity index (χ1) is 11.8. The first-order valence-electron chi connectivity index (χ1n) is 7.92. The van der Waals surface area contributed by atoms with Crippen molar-refractivity contribution in [3.8, 4) is 5.75 Å². The molecule has 2 rings (SSSR count). The summed E-state index contributed by atoms with van der Waals surface area (Å²) in [5.74, 6) is 0.609. The van der Waals surface area contributed by atoms with Gasteiger partial charge >= 0.3 is 0 Å². The van der Waals surface area contributed by atoms with Crippen LogP contribution in [-0.4, -0.2) is 31.4 Å². The van der Waals surface area contributed by atoms with Crippen LogP contribution in [0.2, 0.25) is 0 Å². The summed E-state index contributed by atoms with van der Waals surface area (Å²) in [5, 5.41) is 10.5. The van der Waals surface area contributed by atoms with E-state index in [2.05, 4.69) is 11.9 Å². The van der Waals surface area contributed by atoms with Crippen LogP contribution < -0.4 is 14.6 Å². The molecule has 0 bridgehead atoms. The summed E-state index contributed by atoms with van der Waals surface area (Å²) in [5.41, 5.74) is -0.375. The number of anilines is 1. The number of hydrogen-bond acceptors (Lipinski definition) is 5. The Morgan fingerprint density at radius 2 is 1.92 bits per heavy atom. The molecule has 0 fully saturated rings. The Kier molecular flexibility index (Phi) is 6.22. The van der Waals surface area contributed by atoms with Gasteiger partial charge in [-0.2, -0.15) is 0 Å². The van der Waals surface area contributed by atoms with Crippen molar-refractivity contribution in [1.29, 1.82) is 0 Å². The topological polar surface area (TPSA) is 99.7 Å². The van der Waals surface area contributed by atoms with Gasteiger partial charge in [0.25, 0.3) is 5.56 Å². The number of aliphatic hydroxyl groups excluding tert-OH is 1. The number of pyridine rings is 1. The maximum Gasteiger partial charge on any atom is 0.255 e. The van der Waals surface area contributed by atoms with E-state index >= 15 is 0 Å². The van der Waals surface area contributed by atoms with Gasteiger partial charge in [-0.15, -0.1) is 0 Å². The molecule has 0 saturated heterocycles. The Balaban J connectivity index is 2.33. The quantitative estimate of drug-likeness (QED) is 0.550. The van der Waals surface area contributed by atoms with Crippen LogP contribution in [0, 0.1) is 0 Å². The highest BCUT2D eigenvalue weighted by atomic mass is 32.2. The molecule has 1 aromatic heterocycles. The Morgan fingerprint density at radius 3 is 2.48 bits per heavy atom. The van der Waals surface area contributed by atoms with Crippen molar-refractivity contribution in [3.63, 3.8) is 0 Å². The largest absolute Gasteiger partial charge is 0.494 e. The Labute approximate surface area is 146 Å². The summed E-state index contributed by atoms with van der Waals surface area (Å²) in [7, 11) is -3.83. The molecule has 1 heterocycles. The highest BCUT2D eigenvalue weighted by Gasteiger charge is 2.28. The van der Waals surface area contributed by atoms with Crippen LogP contribution in [0.5, 0.6) is 5.75 Å². The third-order valence-electron chi connectivity index (χ3n) is 3.56. The van der Waals surface area contributed by atoms with Crippen molar-refractivity contribution in [2.24, 2.45) is 0 Å². The van der Waals surface area contributed by atoms with E-state index in [9.17, 15) is 18.3 Å². The number of aromatic amines is 1. The normalized spacial score (nSPS) is 12.6. The van der Waals surface area contributed by atoms with Gasteiger partial charge in [0.2, 0.25) is 10.0 Å². The standard InChI is InChI=1S/C17H22N2O5S/c1-3-4-12-24-14-9-7-13(8-10-14)19(25(2,22)23)17(21)15-6-5-11-18-16(15)20/h5-11,17,21H,3-4,12H2,1-2H3,(H,18,20). The first kappa shape index (κ1) is 19.0. The number of aromatic nitrogens is 1. The molecule has 136 valence electrons. The van der Waals surface area contributed by atoms with E-state index < -0.39 is 21.8 Å². The monoisotopic (exact) mass is 366 g/mol. The molecule has 1 unspecified atom stereocenters. The zero-order valence-electron chi connectivity index (χ0n) is 14.2. The minimum atomic E-state index is -3.83. The van der Waals surface area contributed by atoms with Gasteiger partial charge in [-0.05, 0) is 42.8 Å². The molecule has 0 aliphatic heterocycles. The van der Waals surface area contributed by atoms with E-state index in [0.717, 1.165) is 23.4 Å². The molecule has 7 nitrogen and oxygen atoms in total. The molecule has 2 N–H and O–H groups in total. The number of nitrogens with one attached hydrogen (secondary N) is 1. The van der Waals surface area contributed by atoms with Crippen LogP contribution in [-0.2, 0) is 10.0 Å². The van der Waals surface area contributed by atoms with Crippen molar-refractivity contribution in [2.45, 2.75) is 26.0 Å². The van der Waals surface area contributed by atoms with Crippen LogP contribution >= 0.6 is 0 Å². The highest BCUT2D eigenvalue weighted by molar-refractivity contribution is 7.92. The number of unbranched alkanes of at least 4 members (excludes halogenated alkanes) is 1. The zero-order chi connectivity index (χ0) is 18.4. The number of ether oxygens (including phenoxy) is 1. The number of nitrogens with zero attached hydrogens (tertiary/aromatic N) is 1. The Hall–Kier alpha value is -2.32. The minimum Gasteiger partial charge on any atom is -0.494 e. The van der Waals surface area contributed by atoms with E-state index in [0.29, 0.717) is 12.4 Å². The number of H-pyrrole nitrogens is 1. The molecule has 0 spiro atoms. The van der Waals surface area contributed by atoms with Gasteiger partial charge in [0, 0.05) is 6.20 Å². The van der Waals surface area contributed by atoms with E-state index in [1.807, 2.05) is 0 Å². The lowest BCUT2D eigenvalue weighted by Gasteiger charge is -2.27. The first-order valence-corrected chi connectivity index (χ1v) is 9.77. The van der Waals surface area contributed by atoms with Crippen LogP contribution in [0.15, 0.2) is 47.4 Å². The molecule has 1 aromatic carbocycles. The third-order valence-corrected chi connectivity index (χ3v) is 4.69. The summed E-state index contributed by atoms with van der Waals surface area (Å²) in [6.07, 6.45) is 2.68. The second kappa shape index (κ2) is 8.17. The minimum absolute atomic E-state index is 0.0591. The predicted octanol–water partition coefficient (Wildman–Crippen LogP) is 2.01. The summed E-state index contributed by atoms with van der Waals surface area (Å²) in [6, 6.07) is 9.22. The van der Waals surface area contributed by atoms with E-state index in [1.54, 1.807) is 12.1 Å². The van der Waals surface area contributed by atoms with Crippen molar-refractivity contribution < 1.29 is 18.3 Å². The average molecular weight is 366 g/mol. The number of rotatable bonds is 8. The van der Waals surface area contributed by atoms with Crippen LogP contribution in [0.4, 0.5) is 5.69 Å². The number of sulfonamides is 1. The van der Waals surface area contributed by atoms with Gasteiger partial charge in [0.15, 0.2) is 6.23 Å². The Bertz CT molecular complexity index is 846. The zero-order valence-corrected chi connectivity index (χ0v) is 15.0. The summed E-state index contributed by atoms with van der Waals surface area (Å²) >= 11 is 0. The van der Waals surface area contributed by atoms with E-state index in [1.165, 1.54) is 30.5 Å². The molecule has 2 aromatic rings. The third kappa shape index (κ3) is 4.83. The lowest BCUT2D eigenvalue weighted by atomic mass is 10.2. The maximum atomic E-state index is 12.2. The van der Waals surface area contributed by atoms with Crippen molar-refractivity contribution in [3.05, 3.63) is 58.5 Å². The molecule has 8 heteroatoms. The smallest absolute Gasteiger partial charge is 0.255 e. The van der Waals surface area contributed by atoms with E-state index in [4.69, 9.17) is 4.74 Å². The SMILES string of the molecule is CCCCOc1ccc(N(C(O)c2ccc[nH]c2=O)S(C)(=O)=O)cc1. The molecule has 25 heavy (non-hydrogen) atoms. The van der Waals surface area contributed by atoms with Gasteiger partial charge in [0.05, 0.1) is 24.1 Å². The summed E-state index contributed by atoms with van der Waals surface area (Å²) in [6.45, 7) is 2.64. The fourth-order valence-electron chi connectivity index (χ4n) is 2.30. The van der Waals surface area contributed by atoms with E-state index in [-0.39, 0.29) is 11.3 Å². The second-order valence-electron chi connectivity index (χ2n) is 5.58. The summed E-state index contributed by atoms with van der Waals surface area (Å²) in [4.78, 5) is 14.3. The molecule has 0 amide bonds. The molecular weight excluding hydrogens is 344 g/mol. The molecule has 0 aliphatic rings. The van der Waals surface area contributed by atoms with Gasteiger partial charge < -0.3 is 14.8 Å². The fraction of sp³-hybridized carbons (Fsp3) is 0.353. The van der Waals surface area contributed by atoms with Gasteiger partial charge in [-0.1, -0.05) is 13.3 Å². The van der Waals surface area contributed by atoms with Gasteiger partial charge in [-0.3, -0.25) is 4.79 Å². The molecular formula is C17H22N2O5S. The molecule has 1 atom stereocenters. The fourth-order valence-corrected chi connectivity index (χ4v) is 3.28. The van der Waals surface area contributed by atoms with Crippen molar-refractivity contribution in [2.75, 3.05) is 17.2 Å². The average Bonchev–Trinajstić information content (AvgIpc) is 2.56. The molecule has 0 saturated carbocycles. The van der Waals surface area contributed by atoms with Gasteiger partial charge in [0.1, 0.15) is 5.75 Å². The van der Waals surface area contributed by atoms with Crippen LogP contribution in [0.1, 0.15) is 31.6 Å². The lowest BCUT2D eigenvalue weighted by Crippen LogP contribution is -2.36. The number of aliphatic hydroxyl groups is 1. The van der Waals surface area contributed by atoms with Crippen LogP contribution in [0.25, 0.3) is 0 Å². The number of hydrogen-bond donors (Lipinski definition) is 2. The predicted molar refractivity (Wildman–Crippen MR) is 96.2 cm³/mol. The second-order valence-corrected chi connectivity index (χ2v) is 7.44. The van der Waals surface area contributed by atoms with Crippen molar-refractivity contribution in [1.82, 2.24) is 4.98 Å². The highest BCUT2D eigenvalue weighted by Crippen LogP contribution is 2.28. The number of benzene rings is 1. The molecule has 0 radical (unpaired) electrons.